The van der Waals surface area contributed by atoms with Crippen molar-refractivity contribution in [3.8, 4) is 0 Å². The van der Waals surface area contributed by atoms with Crippen LogP contribution in [-0.4, -0.2) is 72.6 Å². The van der Waals surface area contributed by atoms with Gasteiger partial charge in [0, 0.05) is 43.0 Å². The Morgan fingerprint density at radius 1 is 1.29 bits per heavy atom. The molecule has 3 aliphatic carbocycles. The average molecular weight is 390 g/mol. The summed E-state index contributed by atoms with van der Waals surface area (Å²) >= 11 is 0. The molecule has 7 nitrogen and oxygen atoms in total. The van der Waals surface area contributed by atoms with Crippen LogP contribution in [0, 0.1) is 17.3 Å². The molecule has 0 aromatic carbocycles. The summed E-state index contributed by atoms with van der Waals surface area (Å²) in [6, 6.07) is 0. The number of methoxy groups -OCH3 is 1. The number of esters is 1. The number of carbonyl (C=O) groups excluding carboxylic acids is 1. The Labute approximate surface area is 163 Å². The molecule has 4 saturated heterocycles. The molecule has 6 fully saturated rings. The summed E-state index contributed by atoms with van der Waals surface area (Å²) in [4.78, 5) is 12.2. The maximum Gasteiger partial charge on any atom is 0.334 e. The molecule has 2 saturated carbocycles. The van der Waals surface area contributed by atoms with Gasteiger partial charge in [0.1, 0.15) is 41.7 Å². The standard InChI is InChI=1S/C21H26O7/c1-9(7-22)20-14(27-20)15-21(28-15)18(2)5-4-10-11(8-25-16(10)23)13(18)12-6-19(21,26-12)17(20)24-3/h9,12-15,17,22H,4-8H2,1-3H3/t9?,12?,13-,14+,15+,17+,18+,19-,20+,21-/m1/s1. The first-order chi connectivity index (χ1) is 13.4. The fraction of sp³-hybridized carbons (Fsp3) is 0.857. The van der Waals surface area contributed by atoms with Crippen molar-refractivity contribution in [1.29, 1.82) is 0 Å². The van der Waals surface area contributed by atoms with Crippen molar-refractivity contribution in [3.63, 3.8) is 0 Å². The minimum Gasteiger partial charge on any atom is -0.458 e. The molecule has 5 heterocycles. The van der Waals surface area contributed by atoms with Gasteiger partial charge in [-0.05, 0) is 18.4 Å². The molecular formula is C21H26O7. The number of hydrogen-bond acceptors (Lipinski definition) is 7. The zero-order valence-corrected chi connectivity index (χ0v) is 16.4. The zero-order valence-electron chi connectivity index (χ0n) is 16.4. The molecule has 7 heteroatoms. The van der Waals surface area contributed by atoms with E-state index in [0.29, 0.717) is 6.61 Å². The molecule has 28 heavy (non-hydrogen) atoms. The second-order valence-corrected chi connectivity index (χ2v) is 10.1. The van der Waals surface area contributed by atoms with Gasteiger partial charge >= 0.3 is 5.97 Å². The molecule has 2 bridgehead atoms. The molecule has 5 aliphatic heterocycles. The first kappa shape index (κ1) is 16.8. The quantitative estimate of drug-likeness (QED) is 0.561. The van der Waals surface area contributed by atoms with E-state index in [1.807, 2.05) is 6.92 Å². The summed E-state index contributed by atoms with van der Waals surface area (Å²) in [5.41, 5.74) is 0.331. The fourth-order valence-corrected chi connectivity index (χ4v) is 8.27. The number of ether oxygens (including phenoxy) is 5. The minimum atomic E-state index is -0.541. The molecule has 8 aliphatic rings. The van der Waals surface area contributed by atoms with Crippen molar-refractivity contribution in [2.45, 2.75) is 74.3 Å². The van der Waals surface area contributed by atoms with E-state index in [0.717, 1.165) is 30.4 Å². The number of aliphatic hydroxyl groups is 1. The summed E-state index contributed by atoms with van der Waals surface area (Å²) in [5, 5.41) is 9.88. The van der Waals surface area contributed by atoms with Crippen molar-refractivity contribution >= 4 is 5.97 Å². The zero-order chi connectivity index (χ0) is 19.3. The van der Waals surface area contributed by atoms with Gasteiger partial charge in [0.25, 0.3) is 0 Å². The first-order valence-electron chi connectivity index (χ1n) is 10.5. The average Bonchev–Trinajstić information content (AvgIpc) is 3.53. The number of rotatable bonds is 3. The third-order valence-electron chi connectivity index (χ3n) is 9.43. The lowest BCUT2D eigenvalue weighted by atomic mass is 9.42. The Balaban J connectivity index is 1.38. The third-order valence-corrected chi connectivity index (χ3v) is 9.43. The van der Waals surface area contributed by atoms with E-state index in [-0.39, 0.29) is 54.2 Å². The number of hydrogen-bond donors (Lipinski definition) is 1. The van der Waals surface area contributed by atoms with Crippen LogP contribution < -0.4 is 0 Å². The second-order valence-electron chi connectivity index (χ2n) is 10.1. The van der Waals surface area contributed by atoms with Crippen LogP contribution >= 0.6 is 0 Å². The monoisotopic (exact) mass is 390 g/mol. The number of fused-ring (bicyclic) bond motifs is 2. The van der Waals surface area contributed by atoms with Crippen molar-refractivity contribution in [2.24, 2.45) is 17.3 Å². The number of aliphatic hydroxyl groups excluding tert-OH is 1. The van der Waals surface area contributed by atoms with Crippen molar-refractivity contribution in [2.75, 3.05) is 20.3 Å². The number of carbonyl (C=O) groups is 1. The molecule has 0 aromatic rings. The topological polar surface area (TPSA) is 90.0 Å². The van der Waals surface area contributed by atoms with Gasteiger partial charge in [-0.3, -0.25) is 0 Å². The highest BCUT2D eigenvalue weighted by Crippen LogP contribution is 2.82. The Hall–Kier alpha value is -0.990. The molecule has 0 amide bonds. The molecule has 0 radical (unpaired) electrons. The normalized spacial score (nSPS) is 60.4. The van der Waals surface area contributed by atoms with Gasteiger partial charge in [0.05, 0.1) is 6.10 Å². The van der Waals surface area contributed by atoms with Gasteiger partial charge in [-0.1, -0.05) is 13.8 Å². The summed E-state index contributed by atoms with van der Waals surface area (Å²) in [5.74, 6) is -0.0546. The minimum absolute atomic E-state index is 0.0400. The van der Waals surface area contributed by atoms with Crippen LogP contribution in [0.3, 0.4) is 0 Å². The van der Waals surface area contributed by atoms with Gasteiger partial charge in [0.15, 0.2) is 0 Å². The molecular weight excluding hydrogens is 364 g/mol. The third kappa shape index (κ3) is 1.33. The van der Waals surface area contributed by atoms with Gasteiger partial charge in [-0.2, -0.15) is 0 Å². The Morgan fingerprint density at radius 3 is 2.79 bits per heavy atom. The predicted molar refractivity (Wildman–Crippen MR) is 93.3 cm³/mol. The Morgan fingerprint density at radius 2 is 2.07 bits per heavy atom. The maximum absolute atomic E-state index is 12.2. The summed E-state index contributed by atoms with van der Waals surface area (Å²) in [7, 11) is 1.72. The van der Waals surface area contributed by atoms with Crippen LogP contribution in [0.5, 0.6) is 0 Å². The van der Waals surface area contributed by atoms with Crippen molar-refractivity contribution in [1.82, 2.24) is 0 Å². The highest BCUT2D eigenvalue weighted by Gasteiger charge is 2.98. The number of epoxide rings is 2. The van der Waals surface area contributed by atoms with Crippen LogP contribution in [0.2, 0.25) is 0 Å². The smallest absolute Gasteiger partial charge is 0.334 e. The lowest BCUT2D eigenvalue weighted by Crippen LogP contribution is -2.84. The molecule has 8 rings (SSSR count). The van der Waals surface area contributed by atoms with Crippen LogP contribution in [0.15, 0.2) is 11.1 Å². The summed E-state index contributed by atoms with van der Waals surface area (Å²) < 4.78 is 31.1. The van der Waals surface area contributed by atoms with Gasteiger partial charge in [-0.25, -0.2) is 4.79 Å². The SMILES string of the molecule is CO[C@@H]1[C@@]2(C(C)CO)O[C@H]2[C@@H]2O[C@@]23[C@@]2(C)CCC4=C(COC4=O)[C@@H]2C2C[C@@]13O2. The van der Waals surface area contributed by atoms with Crippen molar-refractivity contribution in [3.05, 3.63) is 11.1 Å². The fourth-order valence-electron chi connectivity index (χ4n) is 8.27. The van der Waals surface area contributed by atoms with Crippen LogP contribution in [0.4, 0.5) is 0 Å². The highest BCUT2D eigenvalue weighted by atomic mass is 16.7. The molecule has 10 atom stereocenters. The molecule has 152 valence electrons. The van der Waals surface area contributed by atoms with E-state index in [1.54, 1.807) is 7.11 Å². The van der Waals surface area contributed by atoms with Crippen LogP contribution in [0.1, 0.15) is 33.1 Å². The maximum atomic E-state index is 12.2. The second kappa shape index (κ2) is 4.52. The van der Waals surface area contributed by atoms with E-state index in [9.17, 15) is 9.90 Å². The predicted octanol–water partition coefficient (Wildman–Crippen LogP) is 0.730. The van der Waals surface area contributed by atoms with E-state index in [4.69, 9.17) is 23.7 Å². The molecule has 1 N–H and O–H groups in total. The van der Waals surface area contributed by atoms with E-state index < -0.39 is 16.8 Å². The van der Waals surface area contributed by atoms with Crippen LogP contribution in [-0.2, 0) is 28.5 Å². The van der Waals surface area contributed by atoms with E-state index >= 15 is 0 Å². The Bertz CT molecular complexity index is 846. The van der Waals surface area contributed by atoms with Crippen LogP contribution in [0.25, 0.3) is 0 Å². The Kier molecular flexibility index (Phi) is 2.71. The number of cyclic esters (lactones) is 1. The molecule has 0 aromatic heterocycles. The summed E-state index contributed by atoms with van der Waals surface area (Å²) in [6.07, 6.45) is 2.13. The van der Waals surface area contributed by atoms with Gasteiger partial charge in [-0.15, -0.1) is 0 Å². The van der Waals surface area contributed by atoms with Gasteiger partial charge in [0.2, 0.25) is 0 Å². The lowest BCUT2D eigenvalue weighted by molar-refractivity contribution is -0.369. The van der Waals surface area contributed by atoms with Gasteiger partial charge < -0.3 is 28.8 Å². The molecule has 2 spiro atoms. The van der Waals surface area contributed by atoms with E-state index in [2.05, 4.69) is 6.92 Å². The van der Waals surface area contributed by atoms with Crippen molar-refractivity contribution < 1.29 is 33.6 Å². The highest BCUT2D eigenvalue weighted by molar-refractivity contribution is 5.92. The largest absolute Gasteiger partial charge is 0.458 e. The summed E-state index contributed by atoms with van der Waals surface area (Å²) in [6.45, 7) is 4.76. The lowest BCUT2D eigenvalue weighted by Gasteiger charge is -2.70. The molecule has 2 unspecified atom stereocenters. The first-order valence-corrected chi connectivity index (χ1v) is 10.5. The van der Waals surface area contributed by atoms with E-state index in [1.165, 1.54) is 0 Å².